The number of quaternary nitrogens is 1. The summed E-state index contributed by atoms with van der Waals surface area (Å²) in [5.74, 6) is -4.51. The Kier molecular flexibility index (Phi) is 27.2. The Morgan fingerprint density at radius 1 is 0.467 bits per heavy atom. The fraction of sp³-hybridized carbons (Fsp3) is 0.868. The van der Waals surface area contributed by atoms with Crippen molar-refractivity contribution in [2.24, 2.45) is 17.8 Å². The predicted molar refractivity (Wildman–Crippen MR) is 187 cm³/mol. The first-order valence-electron chi connectivity index (χ1n) is 18.8. The molecule has 0 aliphatic rings. The van der Waals surface area contributed by atoms with Crippen LogP contribution in [0.15, 0.2) is 12.2 Å². The maximum absolute atomic E-state index is 12.0. The van der Waals surface area contributed by atoms with Gasteiger partial charge < -0.3 is 19.8 Å². The first kappa shape index (κ1) is 43.1. The van der Waals surface area contributed by atoms with Gasteiger partial charge in [0.05, 0.1) is 26.2 Å². The number of carboxylic acids is 3. The molecule has 0 heterocycles. The highest BCUT2D eigenvalue weighted by Gasteiger charge is 2.40. The molecule has 0 rings (SSSR count). The second kappa shape index (κ2) is 28.3. The number of unbranched alkanes of at least 4 members (excludes halogenated alkanes) is 17. The molecule has 0 aliphatic carbocycles. The first-order valence-corrected chi connectivity index (χ1v) is 18.8. The SMILES string of the molecule is CCCCCCCCC/C=C/CCCCCCCCCCCC[N+](CC(CC)C(=O)O)(CC(CC)C(=O)O)CC(CC)C(=O)O. The average Bonchev–Trinajstić information content (AvgIpc) is 3.01. The van der Waals surface area contributed by atoms with E-state index in [9.17, 15) is 29.7 Å². The van der Waals surface area contributed by atoms with E-state index in [1.165, 1.54) is 103 Å². The van der Waals surface area contributed by atoms with Crippen molar-refractivity contribution in [1.82, 2.24) is 0 Å². The van der Waals surface area contributed by atoms with Crippen molar-refractivity contribution in [3.8, 4) is 0 Å². The Balaban J connectivity index is 4.51. The molecule has 0 amide bonds. The van der Waals surface area contributed by atoms with Gasteiger partial charge in [0.25, 0.3) is 0 Å². The Bertz CT molecular complexity index is 722. The lowest BCUT2D eigenvalue weighted by Gasteiger charge is -2.43. The molecular weight excluding hydrogens is 566 g/mol. The summed E-state index contributed by atoms with van der Waals surface area (Å²) in [5.41, 5.74) is 0. The molecule has 3 unspecified atom stereocenters. The standard InChI is InChI=1S/C38H71NO6/c1-5-9-10-11-12-13-14-15-16-17-18-19-20-21-22-23-24-25-26-27-28-29-39(30-33(6-2)36(40)41,31-34(7-3)37(42)43)32-35(8-4)38(44)45/h16-17,33-35H,5-15,18-32H2,1-4H3,(H2-,40,41,42,43,44,45)/p+1/b17-16+. The van der Waals surface area contributed by atoms with E-state index in [1.807, 2.05) is 20.8 Å². The molecular formula is C38H72NO6+. The minimum absolute atomic E-state index is 0.259. The summed E-state index contributed by atoms with van der Waals surface area (Å²) < 4.78 is 0.259. The summed E-state index contributed by atoms with van der Waals surface area (Å²) in [6.07, 6.45) is 29.9. The number of nitrogens with zero attached hydrogens (tertiary/aromatic N) is 1. The van der Waals surface area contributed by atoms with Gasteiger partial charge in [0.1, 0.15) is 17.8 Å². The smallest absolute Gasteiger partial charge is 0.312 e. The molecule has 0 aromatic rings. The Morgan fingerprint density at radius 3 is 1.04 bits per heavy atom. The number of hydrogen-bond acceptors (Lipinski definition) is 3. The van der Waals surface area contributed by atoms with Gasteiger partial charge in [0.15, 0.2) is 0 Å². The molecule has 45 heavy (non-hydrogen) atoms. The van der Waals surface area contributed by atoms with Gasteiger partial charge in [0, 0.05) is 0 Å². The molecule has 0 saturated carbocycles. The van der Waals surface area contributed by atoms with Crippen LogP contribution in [0.3, 0.4) is 0 Å². The van der Waals surface area contributed by atoms with E-state index < -0.39 is 35.7 Å². The van der Waals surface area contributed by atoms with Crippen molar-refractivity contribution in [2.75, 3.05) is 26.2 Å². The summed E-state index contributed by atoms with van der Waals surface area (Å²) in [4.78, 5) is 36.0. The van der Waals surface area contributed by atoms with E-state index >= 15 is 0 Å². The van der Waals surface area contributed by atoms with Gasteiger partial charge in [-0.3, -0.25) is 14.4 Å². The topological polar surface area (TPSA) is 112 Å². The van der Waals surface area contributed by atoms with E-state index in [1.54, 1.807) is 0 Å². The lowest BCUT2D eigenvalue weighted by atomic mass is 9.95. The first-order chi connectivity index (χ1) is 21.7. The fourth-order valence-electron chi connectivity index (χ4n) is 6.62. The van der Waals surface area contributed by atoms with Crippen LogP contribution in [0.4, 0.5) is 0 Å². The van der Waals surface area contributed by atoms with Crippen molar-refractivity contribution in [3.05, 3.63) is 12.2 Å². The van der Waals surface area contributed by atoms with Crippen LogP contribution in [0, 0.1) is 17.8 Å². The summed E-state index contributed by atoms with van der Waals surface area (Å²) in [5, 5.41) is 29.5. The third kappa shape index (κ3) is 22.3. The van der Waals surface area contributed by atoms with Crippen LogP contribution in [0.2, 0.25) is 0 Å². The van der Waals surface area contributed by atoms with Gasteiger partial charge in [0.2, 0.25) is 0 Å². The Labute approximate surface area is 276 Å². The number of carbonyl (C=O) groups is 3. The maximum atomic E-state index is 12.0. The summed E-state index contributed by atoms with van der Waals surface area (Å²) in [7, 11) is 0. The molecule has 0 aromatic carbocycles. The molecule has 7 nitrogen and oxygen atoms in total. The van der Waals surface area contributed by atoms with Crippen molar-refractivity contribution in [1.29, 1.82) is 0 Å². The molecule has 0 aliphatic heterocycles. The van der Waals surface area contributed by atoms with Gasteiger partial charge in [-0.25, -0.2) is 0 Å². The van der Waals surface area contributed by atoms with Crippen LogP contribution < -0.4 is 0 Å². The second-order valence-electron chi connectivity index (χ2n) is 13.6. The molecule has 0 saturated heterocycles. The van der Waals surface area contributed by atoms with E-state index in [0.717, 1.165) is 19.3 Å². The zero-order valence-corrected chi connectivity index (χ0v) is 29.8. The van der Waals surface area contributed by atoms with Crippen LogP contribution in [0.1, 0.15) is 169 Å². The molecule has 0 fully saturated rings. The van der Waals surface area contributed by atoms with Crippen LogP contribution in [-0.4, -0.2) is 63.9 Å². The third-order valence-corrected chi connectivity index (χ3v) is 9.74. The van der Waals surface area contributed by atoms with Crippen LogP contribution in [-0.2, 0) is 14.4 Å². The lowest BCUT2D eigenvalue weighted by Crippen LogP contribution is -2.58. The largest absolute Gasteiger partial charge is 0.481 e. The molecule has 3 N–H and O–H groups in total. The monoisotopic (exact) mass is 639 g/mol. The molecule has 0 bridgehead atoms. The number of rotatable bonds is 33. The van der Waals surface area contributed by atoms with E-state index in [0.29, 0.717) is 25.8 Å². The Morgan fingerprint density at radius 2 is 0.756 bits per heavy atom. The zero-order chi connectivity index (χ0) is 33.8. The summed E-state index contributed by atoms with van der Waals surface area (Å²) in [6, 6.07) is 0. The van der Waals surface area contributed by atoms with Gasteiger partial charge in [-0.2, -0.15) is 0 Å². The number of hydrogen-bond donors (Lipinski definition) is 3. The zero-order valence-electron chi connectivity index (χ0n) is 29.8. The Hall–Kier alpha value is -1.89. The number of allylic oxidation sites excluding steroid dienone is 2. The minimum atomic E-state index is -0.887. The normalized spacial score (nSPS) is 15.1. The highest BCUT2D eigenvalue weighted by Crippen LogP contribution is 2.25. The maximum Gasteiger partial charge on any atom is 0.312 e. The molecule has 3 atom stereocenters. The average molecular weight is 639 g/mol. The highest BCUT2D eigenvalue weighted by atomic mass is 16.4. The second-order valence-corrected chi connectivity index (χ2v) is 13.6. The number of carboxylic acid groups (broad SMARTS) is 3. The van der Waals surface area contributed by atoms with Crippen LogP contribution >= 0.6 is 0 Å². The summed E-state index contributed by atoms with van der Waals surface area (Å²) >= 11 is 0. The molecule has 0 spiro atoms. The van der Waals surface area contributed by atoms with Crippen molar-refractivity contribution < 1.29 is 34.2 Å². The van der Waals surface area contributed by atoms with Crippen molar-refractivity contribution in [3.63, 3.8) is 0 Å². The van der Waals surface area contributed by atoms with Gasteiger partial charge in [-0.15, -0.1) is 0 Å². The van der Waals surface area contributed by atoms with Gasteiger partial charge >= 0.3 is 17.9 Å². The van der Waals surface area contributed by atoms with Crippen LogP contribution in [0.5, 0.6) is 0 Å². The van der Waals surface area contributed by atoms with Crippen molar-refractivity contribution >= 4 is 17.9 Å². The van der Waals surface area contributed by atoms with E-state index in [-0.39, 0.29) is 24.1 Å². The van der Waals surface area contributed by atoms with Crippen molar-refractivity contribution in [2.45, 2.75) is 169 Å². The minimum Gasteiger partial charge on any atom is -0.481 e. The highest BCUT2D eigenvalue weighted by molar-refractivity contribution is 5.71. The molecule has 7 heteroatoms. The van der Waals surface area contributed by atoms with Gasteiger partial charge in [-0.05, 0) is 57.8 Å². The quantitative estimate of drug-likeness (QED) is 0.0375. The predicted octanol–water partition coefficient (Wildman–Crippen LogP) is 10.1. The lowest BCUT2D eigenvalue weighted by molar-refractivity contribution is -0.935. The molecule has 0 aromatic heterocycles. The summed E-state index contributed by atoms with van der Waals surface area (Å²) in [6.45, 7) is 9.27. The van der Waals surface area contributed by atoms with Gasteiger partial charge in [-0.1, -0.05) is 123 Å². The third-order valence-electron chi connectivity index (χ3n) is 9.74. The van der Waals surface area contributed by atoms with Crippen LogP contribution in [0.25, 0.3) is 0 Å². The van der Waals surface area contributed by atoms with E-state index in [4.69, 9.17) is 0 Å². The molecule has 0 radical (unpaired) electrons. The molecule has 264 valence electrons. The number of aliphatic carboxylic acids is 3. The fourth-order valence-corrected chi connectivity index (χ4v) is 6.62. The van der Waals surface area contributed by atoms with E-state index in [2.05, 4.69) is 19.1 Å².